The number of amides is 1. The third kappa shape index (κ3) is 4.29. The molecule has 0 aromatic heterocycles. The van der Waals surface area contributed by atoms with Gasteiger partial charge in [0.1, 0.15) is 0 Å². The molecule has 1 saturated heterocycles. The van der Waals surface area contributed by atoms with Crippen LogP contribution in [0.3, 0.4) is 0 Å². The van der Waals surface area contributed by atoms with E-state index < -0.39 is 5.66 Å². The highest BCUT2D eigenvalue weighted by molar-refractivity contribution is 6.31. The van der Waals surface area contributed by atoms with Crippen molar-refractivity contribution in [1.82, 2.24) is 15.1 Å². The minimum absolute atomic E-state index is 0.0230. The largest absolute Gasteiger partial charge is 0.454 e. The summed E-state index contributed by atoms with van der Waals surface area (Å²) in [6.45, 7) is 6.49. The molecular weight excluding hydrogens is 456 g/mol. The summed E-state index contributed by atoms with van der Waals surface area (Å²) in [6.07, 6.45) is 3.40. The summed E-state index contributed by atoms with van der Waals surface area (Å²) in [5, 5.41) is 6.71. The van der Waals surface area contributed by atoms with Crippen LogP contribution in [0.25, 0.3) is 0 Å². The fourth-order valence-electron chi connectivity index (χ4n) is 4.34. The van der Waals surface area contributed by atoms with Gasteiger partial charge in [0.05, 0.1) is 10.6 Å². The van der Waals surface area contributed by atoms with Crippen LogP contribution in [0, 0.1) is 0 Å². The predicted octanol–water partition coefficient (Wildman–Crippen LogP) is 2.54. The molecule has 1 unspecified atom stereocenters. The summed E-state index contributed by atoms with van der Waals surface area (Å²) >= 11 is 6.48. The topological polar surface area (TPSA) is 104 Å². The molecule has 34 heavy (non-hydrogen) atoms. The number of ether oxygens (including phenoxy) is 2. The molecule has 3 aliphatic rings. The van der Waals surface area contributed by atoms with Crippen molar-refractivity contribution in [2.45, 2.75) is 12.6 Å². The molecule has 5 rings (SSSR count). The fourth-order valence-corrected chi connectivity index (χ4v) is 4.64. The first-order valence-electron chi connectivity index (χ1n) is 11.3. The number of piperazine rings is 1. The van der Waals surface area contributed by atoms with Gasteiger partial charge in [-0.15, -0.1) is 0 Å². The zero-order valence-electron chi connectivity index (χ0n) is 18.9. The second kappa shape index (κ2) is 9.17. The first kappa shape index (κ1) is 22.5. The Morgan fingerprint density at radius 1 is 1.24 bits per heavy atom. The van der Waals surface area contributed by atoms with Gasteiger partial charge >= 0.3 is 0 Å². The van der Waals surface area contributed by atoms with Crippen LogP contribution in [-0.2, 0) is 5.66 Å². The molecule has 0 radical (unpaired) electrons. The number of nitrogens with two attached hydrogens (primary N) is 1. The Kier molecular flexibility index (Phi) is 6.07. The van der Waals surface area contributed by atoms with E-state index in [-0.39, 0.29) is 12.7 Å². The molecule has 1 amide bonds. The first-order chi connectivity index (χ1) is 16.5. The number of benzene rings is 2. The van der Waals surface area contributed by atoms with Crippen LogP contribution in [0.5, 0.6) is 11.5 Å². The van der Waals surface area contributed by atoms with Crippen LogP contribution in [-0.4, -0.2) is 61.2 Å². The first-order valence-corrected chi connectivity index (χ1v) is 11.6. The van der Waals surface area contributed by atoms with E-state index >= 15 is 0 Å². The maximum Gasteiger partial charge on any atom is 0.254 e. The van der Waals surface area contributed by atoms with Gasteiger partial charge in [-0.3, -0.25) is 10.5 Å². The van der Waals surface area contributed by atoms with E-state index in [0.717, 1.165) is 32.7 Å². The van der Waals surface area contributed by atoms with Crippen LogP contribution in [0.15, 0.2) is 53.7 Å². The lowest BCUT2D eigenvalue weighted by atomic mass is 9.98. The van der Waals surface area contributed by atoms with E-state index in [1.165, 1.54) is 0 Å². The number of hydrogen-bond acceptors (Lipinski definition) is 8. The minimum Gasteiger partial charge on any atom is -0.454 e. The molecule has 2 aromatic rings. The van der Waals surface area contributed by atoms with Gasteiger partial charge in [0.15, 0.2) is 17.2 Å². The molecular formula is C24H27ClN6O3. The molecule has 0 spiro atoms. The molecule has 178 valence electrons. The average Bonchev–Trinajstić information content (AvgIpc) is 3.32. The SMILES string of the molecule is CCN1CCN(C(=O)c2cccc(NC3=NC(N)(c4c(Cl)ccc5c4OCO5)C=CN3)c2)CC1. The maximum atomic E-state index is 13.0. The maximum absolute atomic E-state index is 13.0. The second-order valence-corrected chi connectivity index (χ2v) is 8.76. The Bertz CT molecular complexity index is 1160. The molecule has 3 heterocycles. The Morgan fingerprint density at radius 3 is 2.85 bits per heavy atom. The van der Waals surface area contributed by atoms with Gasteiger partial charge in [0.25, 0.3) is 5.91 Å². The van der Waals surface area contributed by atoms with Crippen LogP contribution in [0.4, 0.5) is 5.69 Å². The van der Waals surface area contributed by atoms with Gasteiger partial charge in [-0.2, -0.15) is 0 Å². The standard InChI is InChI=1S/C24H27ClN6O3/c1-2-30-10-12-31(13-11-30)22(32)16-4-3-5-17(14-16)28-23-27-9-8-24(26,29-23)20-18(25)6-7-19-21(20)34-15-33-19/h3-9,14H,2,10-13,15,26H2,1H3,(H2,27,28,29). The van der Waals surface area contributed by atoms with Gasteiger partial charge in [-0.05, 0) is 43.0 Å². The molecule has 3 aliphatic heterocycles. The summed E-state index contributed by atoms with van der Waals surface area (Å²) < 4.78 is 11.1. The second-order valence-electron chi connectivity index (χ2n) is 8.35. The smallest absolute Gasteiger partial charge is 0.254 e. The van der Waals surface area contributed by atoms with Gasteiger partial charge in [-0.25, -0.2) is 4.99 Å². The molecule has 9 nitrogen and oxygen atoms in total. The Balaban J connectivity index is 1.36. The number of carbonyl (C=O) groups excluding carboxylic acids is 1. The summed E-state index contributed by atoms with van der Waals surface area (Å²) in [4.78, 5) is 21.9. The number of guanidine groups is 1. The van der Waals surface area contributed by atoms with Crippen molar-refractivity contribution in [3.63, 3.8) is 0 Å². The van der Waals surface area contributed by atoms with Crippen LogP contribution >= 0.6 is 11.6 Å². The quantitative estimate of drug-likeness (QED) is 0.615. The van der Waals surface area contributed by atoms with Crippen LogP contribution < -0.4 is 25.8 Å². The number of hydrogen-bond donors (Lipinski definition) is 3. The monoisotopic (exact) mass is 482 g/mol. The number of aliphatic imine (C=N–C) groups is 1. The number of anilines is 1. The van der Waals surface area contributed by atoms with E-state index in [1.807, 2.05) is 29.2 Å². The molecule has 1 atom stereocenters. The Morgan fingerprint density at radius 2 is 2.06 bits per heavy atom. The molecule has 2 aromatic carbocycles. The number of nitrogens with zero attached hydrogens (tertiary/aromatic N) is 3. The van der Waals surface area contributed by atoms with E-state index in [9.17, 15) is 4.79 Å². The number of nitrogens with one attached hydrogen (secondary N) is 2. The third-order valence-electron chi connectivity index (χ3n) is 6.22. The zero-order valence-corrected chi connectivity index (χ0v) is 19.6. The van der Waals surface area contributed by atoms with Gasteiger partial charge in [0.2, 0.25) is 12.8 Å². The highest BCUT2D eigenvalue weighted by Crippen LogP contribution is 2.45. The molecule has 10 heteroatoms. The zero-order chi connectivity index (χ0) is 23.7. The highest BCUT2D eigenvalue weighted by Gasteiger charge is 2.36. The summed E-state index contributed by atoms with van der Waals surface area (Å²) in [7, 11) is 0. The molecule has 0 bridgehead atoms. The summed E-state index contributed by atoms with van der Waals surface area (Å²) in [5.74, 6) is 1.50. The van der Waals surface area contributed by atoms with Crippen LogP contribution in [0.1, 0.15) is 22.8 Å². The van der Waals surface area contributed by atoms with Crippen molar-refractivity contribution in [1.29, 1.82) is 0 Å². The predicted molar refractivity (Wildman–Crippen MR) is 131 cm³/mol. The number of likely N-dealkylation sites (N-methyl/N-ethyl adjacent to an activating group) is 1. The normalized spacial score (nSPS) is 21.7. The van der Waals surface area contributed by atoms with Crippen molar-refractivity contribution in [2.75, 3.05) is 44.8 Å². The van der Waals surface area contributed by atoms with Crippen molar-refractivity contribution < 1.29 is 14.3 Å². The van der Waals surface area contributed by atoms with E-state index in [4.69, 9.17) is 26.8 Å². The minimum atomic E-state index is -1.27. The lowest BCUT2D eigenvalue weighted by Gasteiger charge is -2.34. The van der Waals surface area contributed by atoms with E-state index in [2.05, 4.69) is 27.4 Å². The average molecular weight is 483 g/mol. The van der Waals surface area contributed by atoms with Crippen LogP contribution in [0.2, 0.25) is 5.02 Å². The molecule has 0 saturated carbocycles. The molecule has 1 fully saturated rings. The summed E-state index contributed by atoms with van der Waals surface area (Å²) in [6, 6.07) is 10.8. The lowest BCUT2D eigenvalue weighted by Crippen LogP contribution is -2.48. The summed E-state index contributed by atoms with van der Waals surface area (Å²) in [5.41, 5.74) is 7.25. The number of carbonyl (C=O) groups is 1. The van der Waals surface area contributed by atoms with Crippen molar-refractivity contribution in [3.05, 3.63) is 64.8 Å². The molecule has 4 N–H and O–H groups in total. The van der Waals surface area contributed by atoms with E-state index in [0.29, 0.717) is 39.3 Å². The van der Waals surface area contributed by atoms with Gasteiger partial charge in [-0.1, -0.05) is 24.6 Å². The van der Waals surface area contributed by atoms with Crippen molar-refractivity contribution in [2.24, 2.45) is 10.7 Å². The van der Waals surface area contributed by atoms with E-state index in [1.54, 1.807) is 24.4 Å². The lowest BCUT2D eigenvalue weighted by molar-refractivity contribution is 0.0643. The third-order valence-corrected chi connectivity index (χ3v) is 6.54. The van der Waals surface area contributed by atoms with Gasteiger partial charge in [0, 0.05) is 43.6 Å². The Hall–Kier alpha value is -3.27. The fraction of sp³-hybridized carbons (Fsp3) is 0.333. The number of fused-ring (bicyclic) bond motifs is 1. The van der Waals surface area contributed by atoms with Gasteiger partial charge < -0.3 is 29.9 Å². The number of halogens is 1. The Labute approximate surface area is 203 Å². The van der Waals surface area contributed by atoms with Crippen molar-refractivity contribution >= 4 is 29.2 Å². The van der Waals surface area contributed by atoms with Crippen molar-refractivity contribution in [3.8, 4) is 11.5 Å². The number of rotatable bonds is 4. The highest BCUT2D eigenvalue weighted by atomic mass is 35.5. The molecule has 0 aliphatic carbocycles.